The minimum Gasteiger partial charge on any atom is -0.450 e. The Morgan fingerprint density at radius 3 is 2.21 bits per heavy atom. The molecule has 0 bridgehead atoms. The SMILES string of the molecule is O=C(OC(CCCl)C(=O)c1ccc(Cl)cc1)c1cc(-c2ccc(N3C(=O)C4CC=CCC4C3=O)cc2)nc2ccccc12. The van der Waals surface area contributed by atoms with Gasteiger partial charge in [0, 0.05) is 33.8 Å². The number of hydrogen-bond donors (Lipinski definition) is 0. The molecule has 2 amide bonds. The van der Waals surface area contributed by atoms with Crippen LogP contribution in [0.2, 0.25) is 5.02 Å². The van der Waals surface area contributed by atoms with Gasteiger partial charge in [0.1, 0.15) is 0 Å². The van der Waals surface area contributed by atoms with Crippen molar-refractivity contribution in [3.63, 3.8) is 0 Å². The number of rotatable bonds is 8. The number of esters is 1. The van der Waals surface area contributed by atoms with E-state index in [2.05, 4.69) is 0 Å². The highest BCUT2D eigenvalue weighted by molar-refractivity contribution is 6.30. The maximum atomic E-state index is 13.6. The molecule has 9 heteroatoms. The lowest BCUT2D eigenvalue weighted by molar-refractivity contribution is -0.122. The lowest BCUT2D eigenvalue weighted by Gasteiger charge is -2.18. The van der Waals surface area contributed by atoms with Gasteiger partial charge in [-0.1, -0.05) is 54.1 Å². The second kappa shape index (κ2) is 12.1. The summed E-state index contributed by atoms with van der Waals surface area (Å²) < 4.78 is 5.76. The van der Waals surface area contributed by atoms with E-state index in [9.17, 15) is 19.2 Å². The number of allylic oxidation sites excluding steroid dienone is 2. The highest BCUT2D eigenvalue weighted by Crippen LogP contribution is 2.38. The van der Waals surface area contributed by atoms with Crippen molar-refractivity contribution in [2.45, 2.75) is 25.4 Å². The van der Waals surface area contributed by atoms with Crippen LogP contribution >= 0.6 is 23.2 Å². The monoisotopic (exact) mass is 612 g/mol. The second-order valence-corrected chi connectivity index (χ2v) is 11.3. The maximum absolute atomic E-state index is 13.6. The van der Waals surface area contributed by atoms with Crippen LogP contribution in [0.3, 0.4) is 0 Å². The molecular formula is C34H26Cl2N2O5. The molecule has 1 aliphatic carbocycles. The Kier molecular flexibility index (Phi) is 8.10. The predicted octanol–water partition coefficient (Wildman–Crippen LogP) is 7.05. The molecule has 3 unspecified atom stereocenters. The van der Waals surface area contributed by atoms with Gasteiger partial charge in [0.15, 0.2) is 6.10 Å². The first-order chi connectivity index (χ1) is 20.9. The molecule has 6 rings (SSSR count). The Labute approximate surface area is 258 Å². The molecule has 2 heterocycles. The summed E-state index contributed by atoms with van der Waals surface area (Å²) in [5.41, 5.74) is 2.84. The first-order valence-electron chi connectivity index (χ1n) is 14.0. The van der Waals surface area contributed by atoms with Gasteiger partial charge < -0.3 is 4.74 Å². The first kappa shape index (κ1) is 28.8. The maximum Gasteiger partial charge on any atom is 0.339 e. The van der Waals surface area contributed by atoms with Gasteiger partial charge in [-0.05, 0) is 61.4 Å². The van der Waals surface area contributed by atoms with Crippen LogP contribution in [0.5, 0.6) is 0 Å². The first-order valence-corrected chi connectivity index (χ1v) is 14.9. The average Bonchev–Trinajstić information content (AvgIpc) is 3.29. The summed E-state index contributed by atoms with van der Waals surface area (Å²) in [6, 6.07) is 22.1. The fraction of sp³-hybridized carbons (Fsp3) is 0.206. The van der Waals surface area contributed by atoms with Gasteiger partial charge in [-0.2, -0.15) is 0 Å². The average molecular weight is 613 g/mol. The summed E-state index contributed by atoms with van der Waals surface area (Å²) in [6.07, 6.45) is 4.10. The highest BCUT2D eigenvalue weighted by Gasteiger charge is 2.47. The zero-order valence-electron chi connectivity index (χ0n) is 22.9. The van der Waals surface area contributed by atoms with Gasteiger partial charge in [-0.3, -0.25) is 19.3 Å². The molecule has 43 heavy (non-hydrogen) atoms. The number of pyridine rings is 1. The molecule has 4 aromatic rings. The third kappa shape index (κ3) is 5.58. The number of Topliss-reactive ketones (excluding diaryl/α,β-unsaturated/α-hetero) is 1. The van der Waals surface area contributed by atoms with Crippen LogP contribution < -0.4 is 4.90 Å². The molecule has 216 valence electrons. The van der Waals surface area contributed by atoms with Gasteiger partial charge in [0.25, 0.3) is 0 Å². The van der Waals surface area contributed by atoms with Gasteiger partial charge in [0.2, 0.25) is 17.6 Å². The number of amides is 2. The van der Waals surface area contributed by atoms with E-state index in [0.29, 0.717) is 51.3 Å². The number of imide groups is 1. The Morgan fingerprint density at radius 1 is 0.907 bits per heavy atom. The molecule has 1 fully saturated rings. The zero-order valence-corrected chi connectivity index (χ0v) is 24.4. The summed E-state index contributed by atoms with van der Waals surface area (Å²) >= 11 is 11.9. The number of carbonyl (C=O) groups excluding carboxylic acids is 4. The summed E-state index contributed by atoms with van der Waals surface area (Å²) in [4.78, 5) is 58.9. The standard InChI is InChI=1S/C34H26Cl2N2O5/c35-18-17-30(31(39)21-9-13-22(36)14-10-21)43-34(42)27-19-29(37-28-8-4-3-5-24(27)28)20-11-15-23(16-12-20)38-32(40)25-6-1-2-7-26(25)33(38)41/h1-5,8-16,19,25-26,30H,6-7,17-18H2. The van der Waals surface area contributed by atoms with Crippen molar-refractivity contribution in [3.8, 4) is 11.3 Å². The van der Waals surface area contributed by atoms with Crippen LogP contribution in [0.15, 0.2) is 91.0 Å². The van der Waals surface area contributed by atoms with Crippen molar-refractivity contribution >= 4 is 63.4 Å². The van der Waals surface area contributed by atoms with Crippen molar-refractivity contribution in [2.75, 3.05) is 10.8 Å². The normalized spacial score (nSPS) is 18.5. The summed E-state index contributed by atoms with van der Waals surface area (Å²) in [6.45, 7) is 0. The molecule has 0 saturated carbocycles. The number of halogens is 2. The number of fused-ring (bicyclic) bond motifs is 2. The molecule has 0 N–H and O–H groups in total. The Hall–Kier alpha value is -4.33. The molecule has 1 aromatic heterocycles. The molecule has 0 radical (unpaired) electrons. The predicted molar refractivity (Wildman–Crippen MR) is 165 cm³/mol. The minimum atomic E-state index is -1.09. The number of ether oxygens (including phenoxy) is 1. The molecule has 1 aliphatic heterocycles. The van der Waals surface area contributed by atoms with Crippen LogP contribution in [0.25, 0.3) is 22.2 Å². The topological polar surface area (TPSA) is 93.6 Å². The fourth-order valence-corrected chi connectivity index (χ4v) is 5.99. The largest absolute Gasteiger partial charge is 0.450 e. The zero-order chi connectivity index (χ0) is 30.1. The molecule has 1 saturated heterocycles. The molecule has 7 nitrogen and oxygen atoms in total. The third-order valence-electron chi connectivity index (χ3n) is 7.91. The number of nitrogens with zero attached hydrogens (tertiary/aromatic N) is 2. The number of benzene rings is 3. The van der Waals surface area contributed by atoms with E-state index in [1.54, 1.807) is 72.8 Å². The number of hydrogen-bond acceptors (Lipinski definition) is 6. The number of para-hydroxylation sites is 1. The number of ketones is 1. The van der Waals surface area contributed by atoms with Crippen molar-refractivity contribution < 1.29 is 23.9 Å². The molecule has 0 spiro atoms. The van der Waals surface area contributed by atoms with Crippen molar-refractivity contribution in [1.29, 1.82) is 0 Å². The van der Waals surface area contributed by atoms with Crippen LogP contribution in [-0.2, 0) is 14.3 Å². The summed E-state index contributed by atoms with van der Waals surface area (Å²) in [5, 5.41) is 1.06. The number of alkyl halides is 1. The Morgan fingerprint density at radius 2 is 1.56 bits per heavy atom. The quantitative estimate of drug-likeness (QED) is 0.0696. The van der Waals surface area contributed by atoms with Crippen molar-refractivity contribution in [2.24, 2.45) is 11.8 Å². The summed E-state index contributed by atoms with van der Waals surface area (Å²) in [5.74, 6) is -1.93. The fourth-order valence-electron chi connectivity index (χ4n) is 5.66. The van der Waals surface area contributed by atoms with E-state index in [4.69, 9.17) is 32.9 Å². The van der Waals surface area contributed by atoms with Crippen LogP contribution in [-0.4, -0.2) is 40.5 Å². The molecule has 3 aromatic carbocycles. The lowest BCUT2D eigenvalue weighted by atomic mass is 9.85. The van der Waals surface area contributed by atoms with E-state index in [-0.39, 0.29) is 47.3 Å². The van der Waals surface area contributed by atoms with Gasteiger partial charge in [0.05, 0.1) is 34.3 Å². The Bertz CT molecular complexity index is 1740. The lowest BCUT2D eigenvalue weighted by Crippen LogP contribution is -2.30. The number of anilines is 1. The Balaban J connectivity index is 1.29. The highest BCUT2D eigenvalue weighted by atomic mass is 35.5. The summed E-state index contributed by atoms with van der Waals surface area (Å²) in [7, 11) is 0. The number of carbonyl (C=O) groups is 4. The van der Waals surface area contributed by atoms with E-state index >= 15 is 0 Å². The van der Waals surface area contributed by atoms with E-state index in [1.165, 1.54) is 4.90 Å². The van der Waals surface area contributed by atoms with E-state index < -0.39 is 12.1 Å². The van der Waals surface area contributed by atoms with E-state index in [1.807, 2.05) is 18.2 Å². The molecular weight excluding hydrogens is 587 g/mol. The van der Waals surface area contributed by atoms with Crippen molar-refractivity contribution in [1.82, 2.24) is 4.98 Å². The number of aromatic nitrogens is 1. The van der Waals surface area contributed by atoms with Gasteiger partial charge >= 0.3 is 5.97 Å². The second-order valence-electron chi connectivity index (χ2n) is 10.5. The van der Waals surface area contributed by atoms with E-state index in [0.717, 1.165) is 0 Å². The minimum absolute atomic E-state index is 0.117. The smallest absolute Gasteiger partial charge is 0.339 e. The van der Waals surface area contributed by atoms with Crippen LogP contribution in [0, 0.1) is 11.8 Å². The van der Waals surface area contributed by atoms with Crippen molar-refractivity contribution in [3.05, 3.63) is 107 Å². The van der Waals surface area contributed by atoms with Gasteiger partial charge in [-0.25, -0.2) is 9.78 Å². The molecule has 2 aliphatic rings. The third-order valence-corrected chi connectivity index (χ3v) is 8.38. The van der Waals surface area contributed by atoms with Gasteiger partial charge in [-0.15, -0.1) is 11.6 Å². The van der Waals surface area contributed by atoms with Crippen LogP contribution in [0.1, 0.15) is 40.0 Å². The molecule has 3 atom stereocenters. The van der Waals surface area contributed by atoms with Crippen LogP contribution in [0.4, 0.5) is 5.69 Å².